The van der Waals surface area contributed by atoms with Crippen molar-refractivity contribution in [1.82, 2.24) is 0 Å². The van der Waals surface area contributed by atoms with E-state index >= 15 is 0 Å². The highest BCUT2D eigenvalue weighted by Crippen LogP contribution is 2.23. The summed E-state index contributed by atoms with van der Waals surface area (Å²) < 4.78 is 5.74. The molecule has 0 saturated heterocycles. The van der Waals surface area contributed by atoms with E-state index in [1.165, 1.54) is 0 Å². The number of anilines is 1. The molecule has 0 atom stereocenters. The molecule has 0 heterocycles. The van der Waals surface area contributed by atoms with Gasteiger partial charge in [0.25, 0.3) is 0 Å². The summed E-state index contributed by atoms with van der Waals surface area (Å²) in [5.74, 6) is 1.87. The molecule has 20 heavy (non-hydrogen) atoms. The van der Waals surface area contributed by atoms with Gasteiger partial charge in [0.1, 0.15) is 11.5 Å². The molecule has 102 valence electrons. The Morgan fingerprint density at radius 1 is 1.15 bits per heavy atom. The van der Waals surface area contributed by atoms with Gasteiger partial charge in [0, 0.05) is 11.8 Å². The van der Waals surface area contributed by atoms with Crippen LogP contribution in [0.3, 0.4) is 0 Å². The van der Waals surface area contributed by atoms with Crippen molar-refractivity contribution >= 4 is 11.6 Å². The molecule has 2 rings (SSSR count). The van der Waals surface area contributed by atoms with Crippen LogP contribution in [0.25, 0.3) is 0 Å². The molecule has 0 fully saturated rings. The molecule has 0 bridgehead atoms. The Bertz CT molecular complexity index is 594. The number of hydrogen-bond acceptors (Lipinski definition) is 2. The van der Waals surface area contributed by atoms with Crippen LogP contribution in [-0.2, 0) is 0 Å². The van der Waals surface area contributed by atoms with Gasteiger partial charge in [0.2, 0.25) is 0 Å². The highest BCUT2D eigenvalue weighted by Gasteiger charge is 1.99. The van der Waals surface area contributed by atoms with Crippen LogP contribution in [0.5, 0.6) is 11.5 Å². The van der Waals surface area contributed by atoms with Crippen molar-refractivity contribution < 1.29 is 4.74 Å². The van der Waals surface area contributed by atoms with Gasteiger partial charge in [0.15, 0.2) is 5.96 Å². The van der Waals surface area contributed by atoms with Crippen LogP contribution in [0.2, 0.25) is 0 Å². The van der Waals surface area contributed by atoms with Gasteiger partial charge >= 0.3 is 0 Å². The van der Waals surface area contributed by atoms with Gasteiger partial charge in [-0.25, -0.2) is 4.99 Å². The maximum atomic E-state index is 5.74. The second-order valence-corrected chi connectivity index (χ2v) is 4.08. The predicted molar refractivity (Wildman–Crippen MR) is 83.3 cm³/mol. The van der Waals surface area contributed by atoms with Gasteiger partial charge in [0.05, 0.1) is 6.54 Å². The minimum absolute atomic E-state index is 0.349. The van der Waals surface area contributed by atoms with Crippen molar-refractivity contribution in [2.75, 3.05) is 11.9 Å². The molecule has 0 aromatic heterocycles. The lowest BCUT2D eigenvalue weighted by molar-refractivity contribution is 0.483. The van der Waals surface area contributed by atoms with E-state index in [-0.39, 0.29) is 0 Å². The highest BCUT2D eigenvalue weighted by molar-refractivity contribution is 5.92. The summed E-state index contributed by atoms with van der Waals surface area (Å²) in [6.07, 6.45) is 1.68. The molecule has 4 nitrogen and oxygen atoms in total. The quantitative estimate of drug-likeness (QED) is 0.496. The Labute approximate surface area is 118 Å². The van der Waals surface area contributed by atoms with Gasteiger partial charge in [-0.15, -0.1) is 6.58 Å². The number of hydrogen-bond donors (Lipinski definition) is 2. The van der Waals surface area contributed by atoms with E-state index in [0.717, 1.165) is 17.2 Å². The lowest BCUT2D eigenvalue weighted by Crippen LogP contribution is -2.22. The first kappa shape index (κ1) is 13.7. The molecule has 0 aliphatic carbocycles. The monoisotopic (exact) mass is 267 g/mol. The summed E-state index contributed by atoms with van der Waals surface area (Å²) in [5, 5.41) is 3.00. The van der Waals surface area contributed by atoms with Crippen molar-refractivity contribution in [1.29, 1.82) is 0 Å². The van der Waals surface area contributed by atoms with Crippen LogP contribution in [0, 0.1) is 0 Å². The number of rotatable bonds is 5. The van der Waals surface area contributed by atoms with Gasteiger partial charge in [-0.2, -0.15) is 0 Å². The van der Waals surface area contributed by atoms with Gasteiger partial charge in [-0.1, -0.05) is 30.3 Å². The third-order valence-corrected chi connectivity index (χ3v) is 2.48. The lowest BCUT2D eigenvalue weighted by atomic mass is 10.3. The van der Waals surface area contributed by atoms with E-state index in [2.05, 4.69) is 16.9 Å². The van der Waals surface area contributed by atoms with Crippen LogP contribution in [-0.4, -0.2) is 12.5 Å². The third kappa shape index (κ3) is 4.17. The van der Waals surface area contributed by atoms with Crippen molar-refractivity contribution in [3.8, 4) is 11.5 Å². The van der Waals surface area contributed by atoms with Crippen LogP contribution in [0.15, 0.2) is 72.2 Å². The fourth-order valence-electron chi connectivity index (χ4n) is 1.61. The summed E-state index contributed by atoms with van der Waals surface area (Å²) in [6, 6.07) is 17.1. The van der Waals surface area contributed by atoms with Crippen LogP contribution < -0.4 is 15.8 Å². The number of nitrogens with one attached hydrogen (secondary N) is 1. The molecular weight excluding hydrogens is 250 g/mol. The fraction of sp³-hybridized carbons (Fsp3) is 0.0625. The third-order valence-electron chi connectivity index (χ3n) is 2.48. The van der Waals surface area contributed by atoms with Crippen LogP contribution >= 0.6 is 0 Å². The first-order valence-electron chi connectivity index (χ1n) is 6.29. The van der Waals surface area contributed by atoms with Crippen molar-refractivity contribution in [2.24, 2.45) is 10.7 Å². The van der Waals surface area contributed by atoms with Crippen LogP contribution in [0.1, 0.15) is 0 Å². The number of nitrogens with zero attached hydrogens (tertiary/aromatic N) is 1. The molecule has 0 saturated carbocycles. The molecule has 0 aliphatic heterocycles. The zero-order chi connectivity index (χ0) is 14.2. The average Bonchev–Trinajstić information content (AvgIpc) is 2.46. The molecule has 0 unspecified atom stereocenters. The first-order valence-corrected chi connectivity index (χ1v) is 6.29. The number of aliphatic imine (C=N–C) groups is 1. The summed E-state index contributed by atoms with van der Waals surface area (Å²) in [6.45, 7) is 4.08. The Hall–Kier alpha value is -2.75. The maximum Gasteiger partial charge on any atom is 0.193 e. The molecule has 2 aromatic rings. The Morgan fingerprint density at radius 3 is 2.65 bits per heavy atom. The van der Waals surface area contributed by atoms with E-state index in [9.17, 15) is 0 Å². The maximum absolute atomic E-state index is 5.74. The number of benzene rings is 2. The van der Waals surface area contributed by atoms with Crippen LogP contribution in [0.4, 0.5) is 5.69 Å². The Balaban J connectivity index is 2.06. The van der Waals surface area contributed by atoms with Gasteiger partial charge in [-0.3, -0.25) is 0 Å². The minimum Gasteiger partial charge on any atom is -0.457 e. The first-order chi connectivity index (χ1) is 9.78. The number of para-hydroxylation sites is 1. The number of ether oxygens (including phenoxy) is 1. The molecule has 3 N–H and O–H groups in total. The summed E-state index contributed by atoms with van der Waals surface area (Å²) in [4.78, 5) is 4.08. The van der Waals surface area contributed by atoms with Crippen molar-refractivity contribution in [3.63, 3.8) is 0 Å². The van der Waals surface area contributed by atoms with E-state index < -0.39 is 0 Å². The molecule has 0 amide bonds. The van der Waals surface area contributed by atoms with Gasteiger partial charge < -0.3 is 15.8 Å². The van der Waals surface area contributed by atoms with E-state index in [4.69, 9.17) is 10.5 Å². The molecule has 2 aromatic carbocycles. The second-order valence-electron chi connectivity index (χ2n) is 4.08. The molecule has 0 aliphatic rings. The standard InChI is InChI=1S/C16H17N3O/c1-2-11-18-16(17)19-13-7-6-10-15(12-13)20-14-8-4-3-5-9-14/h2-10,12H,1,11H2,(H3,17,18,19). The highest BCUT2D eigenvalue weighted by atomic mass is 16.5. The Kier molecular flexibility index (Phi) is 4.78. The lowest BCUT2D eigenvalue weighted by Gasteiger charge is -2.09. The summed E-state index contributed by atoms with van der Waals surface area (Å²) in [7, 11) is 0. The molecular formula is C16H17N3O. The minimum atomic E-state index is 0.349. The largest absolute Gasteiger partial charge is 0.457 e. The van der Waals surface area contributed by atoms with Crippen molar-refractivity contribution in [3.05, 3.63) is 67.3 Å². The second kappa shape index (κ2) is 6.99. The molecule has 0 spiro atoms. The summed E-state index contributed by atoms with van der Waals surface area (Å²) in [5.41, 5.74) is 6.57. The topological polar surface area (TPSA) is 59.6 Å². The normalized spacial score (nSPS) is 10.9. The fourth-order valence-corrected chi connectivity index (χ4v) is 1.61. The molecule has 0 radical (unpaired) electrons. The van der Waals surface area contributed by atoms with Crippen molar-refractivity contribution in [2.45, 2.75) is 0 Å². The Morgan fingerprint density at radius 2 is 1.90 bits per heavy atom. The predicted octanol–water partition coefficient (Wildman–Crippen LogP) is 3.39. The van der Waals surface area contributed by atoms with Gasteiger partial charge in [-0.05, 0) is 24.3 Å². The smallest absolute Gasteiger partial charge is 0.193 e. The number of nitrogens with two attached hydrogens (primary N) is 1. The SMILES string of the molecule is C=CCN=C(N)Nc1cccc(Oc2ccccc2)c1. The van der Waals surface area contributed by atoms with E-state index in [0.29, 0.717) is 12.5 Å². The average molecular weight is 267 g/mol. The summed E-state index contributed by atoms with van der Waals surface area (Å²) >= 11 is 0. The zero-order valence-corrected chi connectivity index (χ0v) is 11.1. The van der Waals surface area contributed by atoms with E-state index in [1.807, 2.05) is 54.6 Å². The van der Waals surface area contributed by atoms with E-state index in [1.54, 1.807) is 6.08 Å². The molecule has 4 heteroatoms. The number of guanidine groups is 1. The zero-order valence-electron chi connectivity index (χ0n) is 11.1.